The van der Waals surface area contributed by atoms with Gasteiger partial charge in [-0.05, 0) is 127 Å². The molecule has 1 aromatic carbocycles. The number of H-pyrrole nitrogens is 1. The SMILES string of the molecule is CNC(=O)[C@H](CC(C)C)NC(=O)[C@@H](CCC(=O)O)NC(=O)[C@H](CCC(N)=O)NC(=O)[C@@H](Cc1c[nH]c2ccccc12)NC(=O)[C@@H](NC(=O)[C@@H](CC(C)C)NC(=O)[C@H](CCCCN)NC(=O)CNC(=O)[C@H](CCCCN)NC(=O)[C@@H](C)CCCN)C(C)O. The van der Waals surface area contributed by atoms with Crippen LogP contribution in [0.15, 0.2) is 30.5 Å². The summed E-state index contributed by atoms with van der Waals surface area (Å²) in [6.45, 7) is 10.5. The third-order valence-corrected chi connectivity index (χ3v) is 14.2. The largest absolute Gasteiger partial charge is 0.481 e. The van der Waals surface area contributed by atoms with E-state index in [2.05, 4.69) is 58.2 Å². The molecule has 1 unspecified atom stereocenters. The molecule has 2 rings (SSSR count). The van der Waals surface area contributed by atoms with Crippen LogP contribution in [0, 0.1) is 17.8 Å². The van der Waals surface area contributed by atoms with Crippen LogP contribution in [-0.2, 0) is 64.0 Å². The van der Waals surface area contributed by atoms with E-state index >= 15 is 0 Å². The van der Waals surface area contributed by atoms with E-state index in [0.717, 1.165) is 0 Å². The molecule has 10 atom stereocenters. The Hall–Kier alpha value is -7.76. The maximum Gasteiger partial charge on any atom is 0.303 e. The monoisotopic (exact) mass is 1230 g/mol. The van der Waals surface area contributed by atoms with E-state index in [1.54, 1.807) is 51.2 Å². The quantitative estimate of drug-likeness (QED) is 0.0310. The number of nitrogens with two attached hydrogens (primary N) is 4. The minimum atomic E-state index is -1.80. The number of aromatic nitrogens is 1. The number of fused-ring (bicyclic) bond motifs is 1. The van der Waals surface area contributed by atoms with Crippen molar-refractivity contribution >= 4 is 81.9 Å². The van der Waals surface area contributed by atoms with E-state index in [1.165, 1.54) is 14.0 Å². The van der Waals surface area contributed by atoms with Crippen LogP contribution in [0.5, 0.6) is 0 Å². The van der Waals surface area contributed by atoms with Crippen molar-refractivity contribution in [2.75, 3.05) is 33.2 Å². The number of amides is 11. The predicted octanol–water partition coefficient (Wildman–Crippen LogP) is -2.31. The van der Waals surface area contributed by atoms with Crippen molar-refractivity contribution in [3.8, 4) is 0 Å². The van der Waals surface area contributed by atoms with Crippen LogP contribution in [0.2, 0.25) is 0 Å². The number of aliphatic hydroxyl groups excluding tert-OH is 1. The number of rotatable bonds is 43. The molecule has 0 radical (unpaired) electrons. The molecule has 21 N–H and O–H groups in total. The average molecular weight is 1230 g/mol. The van der Waals surface area contributed by atoms with Crippen molar-refractivity contribution in [3.05, 3.63) is 36.0 Å². The van der Waals surface area contributed by atoms with Crippen molar-refractivity contribution in [3.63, 3.8) is 0 Å². The maximum atomic E-state index is 14.6. The number of likely N-dealkylation sites (N-methyl/N-ethyl adjacent to an activating group) is 1. The van der Waals surface area contributed by atoms with Crippen LogP contribution in [0.3, 0.4) is 0 Å². The standard InChI is InChI=1S/C58H97N15O14/c1-32(2)27-43(51(80)63-7)70-55(84)42(21-23-48(77)78)68-54(83)41(20-22-46(62)75)69-56(85)45(29-36-30-64-38-17-9-8-16-37(36)38)72-58(87)49(35(6)74)73-57(86)44(28-33(3)4)71-53(82)40(19-11-13-25-60)66-47(76)31-65-52(81)39(18-10-12-24-59)67-50(79)34(5)15-14-26-61/h8-9,16-17,30,32-35,39-45,49,64,74H,10-15,18-29,31,59-61H2,1-7H3,(H2,62,75)(H,63,80)(H,65,81)(H,66,76)(H,67,79)(H,68,83)(H,69,85)(H,70,84)(H,71,82)(H,72,87)(H,73,86)(H,77,78)/t34-,35?,39-,40-,41-,42+,43-,44+,45+,49-/m0/s1. The minimum absolute atomic E-state index is 0.0148. The van der Waals surface area contributed by atoms with E-state index in [1.807, 2.05) is 13.8 Å². The molecule has 1 heterocycles. The highest BCUT2D eigenvalue weighted by molar-refractivity contribution is 5.99. The topological polar surface area (TPSA) is 485 Å². The molecule has 1 aromatic heterocycles. The summed E-state index contributed by atoms with van der Waals surface area (Å²) >= 11 is 0. The molecule has 0 saturated heterocycles. The summed E-state index contributed by atoms with van der Waals surface area (Å²) < 4.78 is 0. The third-order valence-electron chi connectivity index (χ3n) is 14.2. The Bertz CT molecular complexity index is 2600. The number of carboxylic acids is 1. The Labute approximate surface area is 508 Å². The van der Waals surface area contributed by atoms with Gasteiger partial charge in [-0.25, -0.2) is 0 Å². The zero-order chi connectivity index (χ0) is 65.3. The second-order valence-corrected chi connectivity index (χ2v) is 22.7. The lowest BCUT2D eigenvalue weighted by Crippen LogP contribution is -2.62. The zero-order valence-corrected chi connectivity index (χ0v) is 51.4. The molecule has 11 amide bonds. The zero-order valence-electron chi connectivity index (χ0n) is 51.4. The fourth-order valence-corrected chi connectivity index (χ4v) is 9.34. The number of carbonyl (C=O) groups excluding carboxylic acids is 11. The first-order chi connectivity index (χ1) is 41.1. The molecule has 0 saturated carbocycles. The molecule has 0 aliphatic heterocycles. The Morgan fingerprint density at radius 2 is 0.966 bits per heavy atom. The van der Waals surface area contributed by atoms with Crippen molar-refractivity contribution in [1.29, 1.82) is 0 Å². The molecular weight excluding hydrogens is 1130 g/mol. The number of hydrogen-bond acceptors (Lipinski definition) is 16. The van der Waals surface area contributed by atoms with Crippen LogP contribution in [-0.4, -0.2) is 174 Å². The second kappa shape index (κ2) is 39.8. The molecule has 0 fully saturated rings. The van der Waals surface area contributed by atoms with E-state index in [0.29, 0.717) is 68.1 Å². The molecule has 0 aliphatic rings. The van der Waals surface area contributed by atoms with Crippen LogP contribution in [0.4, 0.5) is 0 Å². The van der Waals surface area contributed by atoms with Gasteiger partial charge in [-0.15, -0.1) is 0 Å². The molecule has 29 nitrogen and oxygen atoms in total. The fraction of sp³-hybridized carbons (Fsp3) is 0.655. The second-order valence-electron chi connectivity index (χ2n) is 22.7. The van der Waals surface area contributed by atoms with Crippen molar-refractivity contribution in [1.82, 2.24) is 58.2 Å². The van der Waals surface area contributed by atoms with Crippen LogP contribution in [0.1, 0.15) is 137 Å². The van der Waals surface area contributed by atoms with E-state index < -0.39 is 158 Å². The first-order valence-corrected chi connectivity index (χ1v) is 29.9. The summed E-state index contributed by atoms with van der Waals surface area (Å²) in [5.41, 5.74) is 23.6. The molecule has 0 aliphatic carbocycles. The molecule has 488 valence electrons. The Balaban J connectivity index is 2.49. The number of aromatic amines is 1. The van der Waals surface area contributed by atoms with Gasteiger partial charge in [-0.2, -0.15) is 0 Å². The third kappa shape index (κ3) is 28.1. The summed E-state index contributed by atoms with van der Waals surface area (Å²) in [5.74, 6) is -11.1. The minimum Gasteiger partial charge on any atom is -0.481 e. The van der Waals surface area contributed by atoms with Gasteiger partial charge >= 0.3 is 5.97 Å². The number of aliphatic carboxylic acids is 1. The van der Waals surface area contributed by atoms with E-state index in [4.69, 9.17) is 22.9 Å². The van der Waals surface area contributed by atoms with Gasteiger partial charge in [-0.3, -0.25) is 57.5 Å². The number of para-hydroxylation sites is 1. The van der Waals surface area contributed by atoms with Gasteiger partial charge in [0.1, 0.15) is 48.3 Å². The van der Waals surface area contributed by atoms with Crippen molar-refractivity contribution in [2.24, 2.45) is 40.7 Å². The van der Waals surface area contributed by atoms with E-state index in [9.17, 15) is 67.7 Å². The van der Waals surface area contributed by atoms with Gasteiger partial charge in [0.15, 0.2) is 0 Å². The smallest absolute Gasteiger partial charge is 0.303 e. The van der Waals surface area contributed by atoms with Gasteiger partial charge in [0.2, 0.25) is 65.0 Å². The lowest BCUT2D eigenvalue weighted by atomic mass is 10.00. The van der Waals surface area contributed by atoms with Crippen LogP contribution >= 0.6 is 0 Å². The van der Waals surface area contributed by atoms with Crippen molar-refractivity contribution in [2.45, 2.75) is 192 Å². The lowest BCUT2D eigenvalue weighted by Gasteiger charge is -2.29. The number of primary amides is 1. The summed E-state index contributed by atoms with van der Waals surface area (Å²) in [6.07, 6.45) is 1.15. The first kappa shape index (κ1) is 75.3. The molecular formula is C58H97N15O14. The number of unbranched alkanes of at least 4 members (excludes halogenated alkanes) is 2. The normalized spacial score (nSPS) is 14.7. The highest BCUT2D eigenvalue weighted by atomic mass is 16.4. The molecule has 0 spiro atoms. The molecule has 87 heavy (non-hydrogen) atoms. The van der Waals surface area contributed by atoms with Gasteiger partial charge < -0.3 is 91.3 Å². The lowest BCUT2D eigenvalue weighted by molar-refractivity contribution is -0.139. The predicted molar refractivity (Wildman–Crippen MR) is 324 cm³/mol. The summed E-state index contributed by atoms with van der Waals surface area (Å²) in [4.78, 5) is 165. The van der Waals surface area contributed by atoms with Gasteiger partial charge in [0.05, 0.1) is 12.6 Å². The maximum absolute atomic E-state index is 14.6. The number of hydrogen-bond donors (Lipinski definition) is 17. The Kier molecular flexibility index (Phi) is 34.5. The number of carboxylic acid groups (broad SMARTS) is 1. The van der Waals surface area contributed by atoms with Crippen LogP contribution in [0.25, 0.3) is 10.9 Å². The molecule has 0 bridgehead atoms. The summed E-state index contributed by atoms with van der Waals surface area (Å²) in [5, 5.41) is 46.9. The number of carbonyl (C=O) groups is 12. The van der Waals surface area contributed by atoms with E-state index in [-0.39, 0.29) is 56.4 Å². The molecule has 29 heteroatoms. The first-order valence-electron chi connectivity index (χ1n) is 29.9. The fourth-order valence-electron chi connectivity index (χ4n) is 9.34. The van der Waals surface area contributed by atoms with Gasteiger partial charge in [0, 0.05) is 49.3 Å². The number of aliphatic hydroxyl groups is 1. The summed E-state index contributed by atoms with van der Waals surface area (Å²) in [7, 11) is 1.36. The average Bonchev–Trinajstić information content (AvgIpc) is 3.83. The van der Waals surface area contributed by atoms with Gasteiger partial charge in [-0.1, -0.05) is 52.8 Å². The number of nitrogens with one attached hydrogen (secondary N) is 11. The Morgan fingerprint density at radius 1 is 0.506 bits per heavy atom. The Morgan fingerprint density at radius 3 is 1.47 bits per heavy atom. The van der Waals surface area contributed by atoms with Crippen LogP contribution < -0.4 is 76.1 Å². The molecule has 2 aromatic rings. The number of benzene rings is 1. The highest BCUT2D eigenvalue weighted by Crippen LogP contribution is 2.20. The summed E-state index contributed by atoms with van der Waals surface area (Å²) in [6, 6.07) is -4.34. The van der Waals surface area contributed by atoms with Crippen molar-refractivity contribution < 1.29 is 67.7 Å². The highest BCUT2D eigenvalue weighted by Gasteiger charge is 2.37. The van der Waals surface area contributed by atoms with Gasteiger partial charge in [0.25, 0.3) is 0 Å².